The molecule has 3 aromatic rings. The van der Waals surface area contributed by atoms with E-state index in [-0.39, 0.29) is 5.97 Å². The van der Waals surface area contributed by atoms with Crippen molar-refractivity contribution in [2.75, 3.05) is 7.11 Å². The van der Waals surface area contributed by atoms with Crippen LogP contribution in [0.15, 0.2) is 84.9 Å². The molecule has 0 bridgehead atoms. The molecule has 23 heavy (non-hydrogen) atoms. The first-order valence-electron chi connectivity index (χ1n) is 7.38. The first-order valence-corrected chi connectivity index (χ1v) is 12.6. The third kappa shape index (κ3) is 3.68. The Morgan fingerprint density at radius 1 is 0.696 bits per heavy atom. The summed E-state index contributed by atoms with van der Waals surface area (Å²) in [5, 5.41) is 0. The van der Waals surface area contributed by atoms with Crippen LogP contribution < -0.4 is 9.81 Å². The second-order valence-corrected chi connectivity index (χ2v) is 13.7. The molecule has 3 aromatic carbocycles. The predicted molar refractivity (Wildman–Crippen MR) is 95.3 cm³/mol. The number of ether oxygens (including phenoxy) is 1. The van der Waals surface area contributed by atoms with Crippen LogP contribution in [0.3, 0.4) is 0 Å². The van der Waals surface area contributed by atoms with E-state index in [4.69, 9.17) is 4.74 Å². The van der Waals surface area contributed by atoms with E-state index in [1.54, 1.807) is 0 Å². The van der Waals surface area contributed by atoms with E-state index in [9.17, 15) is 4.79 Å². The molecule has 0 spiro atoms. The normalized spacial score (nSPS) is 10.5. The molecule has 0 aliphatic carbocycles. The van der Waals surface area contributed by atoms with Crippen LogP contribution >= 0.6 is 0 Å². The minimum atomic E-state index is -2.30. The molecule has 0 aliphatic heterocycles. The fourth-order valence-corrected chi connectivity index (χ4v) is 11.3. The first kappa shape index (κ1) is 15.9. The van der Waals surface area contributed by atoms with Gasteiger partial charge in [0.25, 0.3) is 0 Å². The topological polar surface area (TPSA) is 26.3 Å². The van der Waals surface area contributed by atoms with Crippen molar-refractivity contribution in [3.05, 3.63) is 90.5 Å². The summed E-state index contributed by atoms with van der Waals surface area (Å²) >= 11 is -2.30. The number of benzene rings is 3. The molecule has 0 fully saturated rings. The Labute approximate surface area is 144 Å². The molecule has 0 saturated heterocycles. The monoisotopic (exact) mass is 498 g/mol. The number of methoxy groups -OCH3 is 1. The Hall–Kier alpha value is -1.99. The van der Waals surface area contributed by atoms with Crippen LogP contribution in [0, 0.1) is 0 Å². The Morgan fingerprint density at radius 2 is 1.13 bits per heavy atom. The van der Waals surface area contributed by atoms with E-state index < -0.39 is 21.8 Å². The zero-order chi connectivity index (χ0) is 16.1. The van der Waals surface area contributed by atoms with Crippen molar-refractivity contribution in [1.82, 2.24) is 0 Å². The van der Waals surface area contributed by atoms with Gasteiger partial charge in [0, 0.05) is 0 Å². The second kappa shape index (κ2) is 7.52. The van der Waals surface area contributed by atoms with Crippen molar-refractivity contribution < 1.29 is 9.53 Å². The van der Waals surface area contributed by atoms with Gasteiger partial charge < -0.3 is 0 Å². The summed E-state index contributed by atoms with van der Waals surface area (Å²) in [4.78, 5) is 11.6. The molecule has 0 atom stereocenters. The quantitative estimate of drug-likeness (QED) is 0.407. The molecular formula is C20H17BiO2. The van der Waals surface area contributed by atoms with Gasteiger partial charge in [-0.25, -0.2) is 0 Å². The van der Waals surface area contributed by atoms with Crippen molar-refractivity contribution >= 4 is 37.5 Å². The second-order valence-electron chi connectivity index (χ2n) is 5.04. The molecule has 0 heterocycles. The van der Waals surface area contributed by atoms with E-state index >= 15 is 0 Å². The molecule has 3 rings (SSSR count). The average molecular weight is 498 g/mol. The van der Waals surface area contributed by atoms with Crippen LogP contribution in [-0.2, 0) is 4.74 Å². The van der Waals surface area contributed by atoms with E-state index in [1.807, 2.05) is 12.1 Å². The molecule has 114 valence electrons. The number of carbonyl (C=O) groups is 1. The van der Waals surface area contributed by atoms with Gasteiger partial charge in [-0.1, -0.05) is 0 Å². The summed E-state index contributed by atoms with van der Waals surface area (Å²) in [7, 11) is 1.41. The van der Waals surface area contributed by atoms with Crippen molar-refractivity contribution in [2.45, 2.75) is 0 Å². The van der Waals surface area contributed by atoms with Gasteiger partial charge in [0.1, 0.15) is 0 Å². The van der Waals surface area contributed by atoms with Crippen LogP contribution in [0.25, 0.3) is 0 Å². The van der Waals surface area contributed by atoms with Gasteiger partial charge in [-0.3, -0.25) is 0 Å². The van der Waals surface area contributed by atoms with Crippen LogP contribution in [-0.4, -0.2) is 34.8 Å². The first-order chi connectivity index (χ1) is 11.3. The van der Waals surface area contributed by atoms with Gasteiger partial charge in [-0.15, -0.1) is 0 Å². The summed E-state index contributed by atoms with van der Waals surface area (Å²) in [6.45, 7) is 0. The van der Waals surface area contributed by atoms with Crippen molar-refractivity contribution in [2.24, 2.45) is 0 Å². The molecule has 0 aromatic heterocycles. The van der Waals surface area contributed by atoms with Crippen molar-refractivity contribution in [1.29, 1.82) is 0 Å². The number of rotatable bonds is 4. The van der Waals surface area contributed by atoms with E-state index in [1.165, 1.54) is 16.9 Å². The molecule has 0 unspecified atom stereocenters. The Kier molecular flexibility index (Phi) is 5.20. The van der Waals surface area contributed by atoms with Crippen LogP contribution in [0.4, 0.5) is 0 Å². The van der Waals surface area contributed by atoms with E-state index in [2.05, 4.69) is 72.8 Å². The zero-order valence-corrected chi connectivity index (χ0v) is 16.3. The van der Waals surface area contributed by atoms with Gasteiger partial charge in [-0.2, -0.15) is 0 Å². The summed E-state index contributed by atoms with van der Waals surface area (Å²) in [6, 6.07) is 29.3. The number of esters is 1. The fourth-order valence-electron chi connectivity index (χ4n) is 2.47. The molecule has 0 saturated carbocycles. The number of hydrogen-bond acceptors (Lipinski definition) is 2. The van der Waals surface area contributed by atoms with Crippen LogP contribution in [0.5, 0.6) is 0 Å². The zero-order valence-electron chi connectivity index (χ0n) is 12.8. The summed E-state index contributed by atoms with van der Waals surface area (Å²) < 4.78 is 9.00. The minimum absolute atomic E-state index is 0.290. The van der Waals surface area contributed by atoms with E-state index in [0.29, 0.717) is 5.56 Å². The fraction of sp³-hybridized carbons (Fsp3) is 0.0500. The van der Waals surface area contributed by atoms with Crippen molar-refractivity contribution in [3.8, 4) is 0 Å². The summed E-state index contributed by atoms with van der Waals surface area (Å²) in [5.41, 5.74) is 0.598. The SMILES string of the molecule is COC(=O)c1cc[c]([Bi]([c]2ccccc2)[c]2ccccc2)cc1. The molecule has 0 amide bonds. The van der Waals surface area contributed by atoms with Crippen LogP contribution in [0.1, 0.15) is 10.4 Å². The Balaban J connectivity index is 2.04. The molecule has 0 aliphatic rings. The molecule has 0 radical (unpaired) electrons. The van der Waals surface area contributed by atoms with Gasteiger partial charge in [-0.05, 0) is 0 Å². The Morgan fingerprint density at radius 3 is 1.57 bits per heavy atom. The standard InChI is InChI=1S/C8H7O2.2C6H5.Bi/c1-10-8(9)7-5-3-2-4-6-7;2*1-2-4-6-5-3-1;/h3-6H,1H3;2*1-5H;. The maximum atomic E-state index is 11.6. The van der Waals surface area contributed by atoms with Gasteiger partial charge in [0.15, 0.2) is 0 Å². The number of carbonyl (C=O) groups excluding carboxylic acids is 1. The van der Waals surface area contributed by atoms with Gasteiger partial charge in [0.05, 0.1) is 0 Å². The van der Waals surface area contributed by atoms with Crippen LogP contribution in [0.2, 0.25) is 0 Å². The molecule has 2 nitrogen and oxygen atoms in total. The summed E-state index contributed by atoms with van der Waals surface area (Å²) in [6.07, 6.45) is 0. The van der Waals surface area contributed by atoms with E-state index in [0.717, 1.165) is 0 Å². The van der Waals surface area contributed by atoms with Gasteiger partial charge >= 0.3 is 145 Å². The predicted octanol–water partition coefficient (Wildman–Crippen LogP) is 1.99. The molecular weight excluding hydrogens is 481 g/mol. The third-order valence-corrected chi connectivity index (χ3v) is 13.1. The molecule has 0 N–H and O–H groups in total. The maximum absolute atomic E-state index is 11.6. The summed E-state index contributed by atoms with van der Waals surface area (Å²) in [5.74, 6) is -0.290. The number of hydrogen-bond donors (Lipinski definition) is 0. The third-order valence-electron chi connectivity index (χ3n) is 3.58. The Bertz CT molecular complexity index is 728. The van der Waals surface area contributed by atoms with Gasteiger partial charge in [0.2, 0.25) is 0 Å². The average Bonchev–Trinajstić information content (AvgIpc) is 2.64. The van der Waals surface area contributed by atoms with Crippen molar-refractivity contribution in [3.63, 3.8) is 0 Å². The molecule has 3 heteroatoms.